The molecule has 0 fully saturated rings. The quantitative estimate of drug-likeness (QED) is 0.574. The molecule has 0 radical (unpaired) electrons. The van der Waals surface area contributed by atoms with Crippen molar-refractivity contribution in [1.29, 1.82) is 5.26 Å². The van der Waals surface area contributed by atoms with E-state index in [4.69, 9.17) is 0 Å². The molecule has 0 aliphatic rings. The molecule has 3 heteroatoms. The Labute approximate surface area is 147 Å². The normalized spacial score (nSPS) is 11.4. The summed E-state index contributed by atoms with van der Waals surface area (Å²) in [6.07, 6.45) is 1.82. The minimum Gasteiger partial charge on any atom is -0.318 e. The minimum absolute atomic E-state index is 0.344. The second-order valence-electron chi connectivity index (χ2n) is 6.18. The van der Waals surface area contributed by atoms with Gasteiger partial charge in [-0.1, -0.05) is 29.8 Å². The van der Waals surface area contributed by atoms with Crippen LogP contribution in [0.25, 0.3) is 17.3 Å². The number of hydrogen-bond acceptors (Lipinski definition) is 1. The van der Waals surface area contributed by atoms with Crippen molar-refractivity contribution in [2.24, 2.45) is 0 Å². The molecule has 3 aromatic rings. The van der Waals surface area contributed by atoms with E-state index in [9.17, 15) is 9.65 Å². The Morgan fingerprint density at radius 3 is 2.40 bits per heavy atom. The van der Waals surface area contributed by atoms with E-state index in [-0.39, 0.29) is 5.82 Å². The molecule has 124 valence electrons. The third-order valence-electron chi connectivity index (χ3n) is 4.32. The number of aromatic nitrogens is 1. The Bertz CT molecular complexity index is 986. The lowest BCUT2D eigenvalue weighted by atomic mass is 10.0. The van der Waals surface area contributed by atoms with Crippen molar-refractivity contribution >= 4 is 11.6 Å². The maximum atomic E-state index is 13.5. The smallest absolute Gasteiger partial charge is 0.123 e. The highest BCUT2D eigenvalue weighted by Gasteiger charge is 2.11. The average Bonchev–Trinajstić information content (AvgIpc) is 2.87. The standard InChI is InChI=1S/C22H19FN2/c1-15-7-9-22(10-8-15)25-16(2)11-19(17(25)3)12-20(14-24)18-5-4-6-21(23)13-18/h4-13H,1-3H3/b20-12+. The maximum absolute atomic E-state index is 13.5. The number of nitriles is 1. The number of aryl methyl sites for hydroxylation is 2. The molecule has 0 saturated carbocycles. The number of halogens is 1. The summed E-state index contributed by atoms with van der Waals surface area (Å²) in [5.41, 5.74) is 6.42. The first-order valence-corrected chi connectivity index (χ1v) is 8.13. The molecule has 1 heterocycles. The van der Waals surface area contributed by atoms with Crippen LogP contribution in [0.3, 0.4) is 0 Å². The summed E-state index contributed by atoms with van der Waals surface area (Å²) in [6.45, 7) is 6.13. The largest absolute Gasteiger partial charge is 0.318 e. The van der Waals surface area contributed by atoms with Crippen LogP contribution in [0, 0.1) is 37.9 Å². The van der Waals surface area contributed by atoms with E-state index in [1.807, 2.05) is 26.0 Å². The second-order valence-corrected chi connectivity index (χ2v) is 6.18. The Kier molecular flexibility index (Phi) is 4.54. The zero-order valence-electron chi connectivity index (χ0n) is 14.5. The van der Waals surface area contributed by atoms with Gasteiger partial charge in [0.25, 0.3) is 0 Å². The minimum atomic E-state index is -0.344. The van der Waals surface area contributed by atoms with Crippen molar-refractivity contribution in [3.63, 3.8) is 0 Å². The highest BCUT2D eigenvalue weighted by molar-refractivity contribution is 5.90. The molecular formula is C22H19FN2. The van der Waals surface area contributed by atoms with Gasteiger partial charge in [0.2, 0.25) is 0 Å². The van der Waals surface area contributed by atoms with E-state index in [1.54, 1.807) is 12.1 Å². The van der Waals surface area contributed by atoms with Gasteiger partial charge in [-0.2, -0.15) is 5.26 Å². The van der Waals surface area contributed by atoms with Gasteiger partial charge < -0.3 is 4.57 Å². The Morgan fingerprint density at radius 1 is 1.04 bits per heavy atom. The highest BCUT2D eigenvalue weighted by Crippen LogP contribution is 2.25. The van der Waals surface area contributed by atoms with Crippen LogP contribution < -0.4 is 0 Å². The summed E-state index contributed by atoms with van der Waals surface area (Å²) in [5.74, 6) is -0.344. The fourth-order valence-electron chi connectivity index (χ4n) is 3.02. The number of rotatable bonds is 3. The second kappa shape index (κ2) is 6.78. The van der Waals surface area contributed by atoms with E-state index in [0.29, 0.717) is 11.1 Å². The van der Waals surface area contributed by atoms with E-state index >= 15 is 0 Å². The number of allylic oxidation sites excluding steroid dienone is 1. The van der Waals surface area contributed by atoms with E-state index in [0.717, 1.165) is 22.6 Å². The Hall–Kier alpha value is -3.12. The third kappa shape index (κ3) is 3.39. The molecule has 0 atom stereocenters. The summed E-state index contributed by atoms with van der Waals surface area (Å²) in [5, 5.41) is 9.50. The molecule has 0 bridgehead atoms. The topological polar surface area (TPSA) is 28.7 Å². The van der Waals surface area contributed by atoms with Crippen LogP contribution in [0.5, 0.6) is 0 Å². The molecule has 0 unspecified atom stereocenters. The van der Waals surface area contributed by atoms with Crippen molar-refractivity contribution in [2.45, 2.75) is 20.8 Å². The van der Waals surface area contributed by atoms with Crippen LogP contribution in [0.1, 0.15) is 28.1 Å². The van der Waals surface area contributed by atoms with Crippen molar-refractivity contribution in [2.75, 3.05) is 0 Å². The molecule has 0 aliphatic heterocycles. The van der Waals surface area contributed by atoms with Crippen molar-refractivity contribution in [3.05, 3.63) is 88.5 Å². The summed E-state index contributed by atoms with van der Waals surface area (Å²) in [4.78, 5) is 0. The van der Waals surface area contributed by atoms with Crippen molar-refractivity contribution in [3.8, 4) is 11.8 Å². The van der Waals surface area contributed by atoms with E-state index < -0.39 is 0 Å². The number of hydrogen-bond donors (Lipinski definition) is 0. The lowest BCUT2D eigenvalue weighted by Crippen LogP contribution is -1.98. The lowest BCUT2D eigenvalue weighted by molar-refractivity contribution is 0.627. The van der Waals surface area contributed by atoms with Crippen LogP contribution >= 0.6 is 0 Å². The van der Waals surface area contributed by atoms with E-state index in [1.165, 1.54) is 17.7 Å². The first-order valence-electron chi connectivity index (χ1n) is 8.13. The molecule has 3 rings (SSSR count). The van der Waals surface area contributed by atoms with Crippen LogP contribution in [0.2, 0.25) is 0 Å². The lowest BCUT2D eigenvalue weighted by Gasteiger charge is -2.10. The predicted molar refractivity (Wildman–Crippen MR) is 99.9 cm³/mol. The summed E-state index contributed by atoms with van der Waals surface area (Å²) in [7, 11) is 0. The third-order valence-corrected chi connectivity index (χ3v) is 4.32. The predicted octanol–water partition coefficient (Wildman–Crippen LogP) is 5.61. The van der Waals surface area contributed by atoms with Gasteiger partial charge in [-0.3, -0.25) is 0 Å². The first-order chi connectivity index (χ1) is 12.0. The SMILES string of the molecule is Cc1ccc(-n2c(C)cc(/C=C(\C#N)c3cccc(F)c3)c2C)cc1. The highest BCUT2D eigenvalue weighted by atomic mass is 19.1. The molecular weight excluding hydrogens is 311 g/mol. The van der Waals surface area contributed by atoms with Gasteiger partial charge >= 0.3 is 0 Å². The van der Waals surface area contributed by atoms with Gasteiger partial charge in [-0.25, -0.2) is 4.39 Å². The zero-order chi connectivity index (χ0) is 18.0. The summed E-state index contributed by atoms with van der Waals surface area (Å²) >= 11 is 0. The summed E-state index contributed by atoms with van der Waals surface area (Å²) in [6, 6.07) is 18.7. The van der Waals surface area contributed by atoms with Gasteiger partial charge in [-0.15, -0.1) is 0 Å². The van der Waals surface area contributed by atoms with Gasteiger partial charge in [-0.05, 0) is 68.3 Å². The van der Waals surface area contributed by atoms with Gasteiger partial charge in [0.15, 0.2) is 0 Å². The molecule has 0 saturated heterocycles. The molecule has 0 spiro atoms. The molecule has 0 amide bonds. The fourth-order valence-corrected chi connectivity index (χ4v) is 3.02. The zero-order valence-corrected chi connectivity index (χ0v) is 14.5. The van der Waals surface area contributed by atoms with Crippen LogP contribution in [0.4, 0.5) is 4.39 Å². The van der Waals surface area contributed by atoms with Gasteiger partial charge in [0.05, 0.1) is 11.6 Å². The van der Waals surface area contributed by atoms with Gasteiger partial charge in [0, 0.05) is 17.1 Å². The van der Waals surface area contributed by atoms with Crippen LogP contribution in [0.15, 0.2) is 54.6 Å². The van der Waals surface area contributed by atoms with Crippen LogP contribution in [-0.4, -0.2) is 4.57 Å². The number of nitrogens with zero attached hydrogens (tertiary/aromatic N) is 2. The Balaban J connectivity index is 2.08. The summed E-state index contributed by atoms with van der Waals surface area (Å²) < 4.78 is 15.6. The van der Waals surface area contributed by atoms with Crippen molar-refractivity contribution in [1.82, 2.24) is 4.57 Å². The van der Waals surface area contributed by atoms with Gasteiger partial charge in [0.1, 0.15) is 5.82 Å². The first kappa shape index (κ1) is 16.7. The molecule has 0 aliphatic carbocycles. The molecule has 0 N–H and O–H groups in total. The monoisotopic (exact) mass is 330 g/mol. The fraction of sp³-hybridized carbons (Fsp3) is 0.136. The van der Waals surface area contributed by atoms with E-state index in [2.05, 4.69) is 41.8 Å². The number of benzene rings is 2. The molecule has 2 nitrogen and oxygen atoms in total. The maximum Gasteiger partial charge on any atom is 0.123 e. The Morgan fingerprint density at radius 2 is 1.76 bits per heavy atom. The van der Waals surface area contributed by atoms with Crippen LogP contribution in [-0.2, 0) is 0 Å². The molecule has 25 heavy (non-hydrogen) atoms. The molecule has 2 aromatic carbocycles. The van der Waals surface area contributed by atoms with Crippen molar-refractivity contribution < 1.29 is 4.39 Å². The average molecular weight is 330 g/mol. The molecule has 1 aromatic heterocycles.